The highest BCUT2D eigenvalue weighted by atomic mass is 35.5. The minimum atomic E-state index is -1.08. The summed E-state index contributed by atoms with van der Waals surface area (Å²) in [7, 11) is 0. The van der Waals surface area contributed by atoms with Crippen molar-refractivity contribution < 1.29 is 14.4 Å². The molecule has 2 amide bonds. The number of benzene rings is 3. The van der Waals surface area contributed by atoms with Gasteiger partial charge in [0.15, 0.2) is 0 Å². The highest BCUT2D eigenvalue weighted by molar-refractivity contribution is 6.53. The van der Waals surface area contributed by atoms with Crippen molar-refractivity contribution in [3.8, 4) is 11.3 Å². The summed E-state index contributed by atoms with van der Waals surface area (Å²) < 4.78 is 0. The number of Topliss-reactive ketones (excluding diaryl/α,β-unsaturated/α-hetero) is 1. The molecule has 0 radical (unpaired) electrons. The van der Waals surface area contributed by atoms with Gasteiger partial charge >= 0.3 is 0 Å². The molecule has 1 atom stereocenters. The molecular weight excluding hydrogens is 487 g/mol. The van der Waals surface area contributed by atoms with E-state index in [2.05, 4.69) is 15.3 Å². The maximum absolute atomic E-state index is 13.5. The van der Waals surface area contributed by atoms with Crippen molar-refractivity contribution in [1.82, 2.24) is 15.3 Å². The van der Waals surface area contributed by atoms with Gasteiger partial charge in [-0.3, -0.25) is 19.3 Å². The van der Waals surface area contributed by atoms with Crippen LogP contribution in [0.3, 0.4) is 0 Å². The molecule has 0 saturated heterocycles. The molecule has 2 heterocycles. The second-order valence-corrected chi connectivity index (χ2v) is 8.88. The standard InChI is InChI=1S/C26H18Cl2N4O3/c27-18-3-1-2-15(10-18)12-30-25(34)23(17-6-4-16(5-7-17)21-13-29-14-31-21)32-22-9-8-19(28)11-20(22)24(33)26(32)35/h1-11,13-14,23H,12H2,(H,29,31)(H,30,34). The summed E-state index contributed by atoms with van der Waals surface area (Å²) in [6.45, 7) is 0.200. The summed E-state index contributed by atoms with van der Waals surface area (Å²) in [5.41, 5.74) is 3.52. The smallest absolute Gasteiger partial charge is 0.300 e. The number of imidazole rings is 1. The van der Waals surface area contributed by atoms with Gasteiger partial charge < -0.3 is 10.3 Å². The Kier molecular flexibility index (Phi) is 6.11. The number of H-pyrrole nitrogens is 1. The van der Waals surface area contributed by atoms with E-state index < -0.39 is 23.6 Å². The lowest BCUT2D eigenvalue weighted by Crippen LogP contribution is -2.43. The lowest BCUT2D eigenvalue weighted by atomic mass is 10.0. The van der Waals surface area contributed by atoms with Crippen LogP contribution >= 0.6 is 23.2 Å². The molecule has 0 fully saturated rings. The molecule has 174 valence electrons. The van der Waals surface area contributed by atoms with Crippen LogP contribution in [-0.2, 0) is 16.1 Å². The van der Waals surface area contributed by atoms with Crippen molar-refractivity contribution in [1.29, 1.82) is 0 Å². The first-order valence-electron chi connectivity index (χ1n) is 10.7. The summed E-state index contributed by atoms with van der Waals surface area (Å²) >= 11 is 12.1. The first kappa shape index (κ1) is 22.8. The maximum Gasteiger partial charge on any atom is 0.300 e. The van der Waals surface area contributed by atoms with E-state index in [4.69, 9.17) is 23.2 Å². The van der Waals surface area contributed by atoms with E-state index in [0.29, 0.717) is 21.3 Å². The molecule has 3 aromatic carbocycles. The fourth-order valence-corrected chi connectivity index (χ4v) is 4.48. The Morgan fingerprint density at radius 1 is 1.00 bits per heavy atom. The maximum atomic E-state index is 13.5. The molecular formula is C26H18Cl2N4O3. The van der Waals surface area contributed by atoms with E-state index in [0.717, 1.165) is 16.8 Å². The Balaban J connectivity index is 1.52. The number of carbonyl (C=O) groups is 3. The summed E-state index contributed by atoms with van der Waals surface area (Å²) in [4.78, 5) is 47.7. The lowest BCUT2D eigenvalue weighted by molar-refractivity contribution is -0.125. The largest absolute Gasteiger partial charge is 0.350 e. The summed E-state index contributed by atoms with van der Waals surface area (Å²) in [5, 5.41) is 3.76. The molecule has 0 spiro atoms. The van der Waals surface area contributed by atoms with Gasteiger partial charge in [-0.1, -0.05) is 59.6 Å². The number of amides is 2. The van der Waals surface area contributed by atoms with E-state index >= 15 is 0 Å². The number of nitrogens with zero attached hydrogens (tertiary/aromatic N) is 2. The average Bonchev–Trinajstić information content (AvgIpc) is 3.47. The zero-order valence-electron chi connectivity index (χ0n) is 18.2. The fourth-order valence-electron chi connectivity index (χ4n) is 4.10. The molecule has 0 aliphatic carbocycles. The molecule has 7 nitrogen and oxygen atoms in total. The van der Waals surface area contributed by atoms with Crippen LogP contribution < -0.4 is 10.2 Å². The van der Waals surface area contributed by atoms with E-state index in [1.54, 1.807) is 55.0 Å². The Bertz CT molecular complexity index is 1440. The predicted octanol–water partition coefficient (Wildman–Crippen LogP) is 4.97. The molecule has 0 bridgehead atoms. The van der Waals surface area contributed by atoms with Gasteiger partial charge in [0, 0.05) is 16.6 Å². The third-order valence-corrected chi connectivity index (χ3v) is 6.24. The van der Waals surface area contributed by atoms with Gasteiger partial charge in [0.05, 0.1) is 29.5 Å². The van der Waals surface area contributed by atoms with Gasteiger partial charge in [-0.15, -0.1) is 0 Å². The number of nitrogens with one attached hydrogen (secondary N) is 2. The monoisotopic (exact) mass is 504 g/mol. The number of aromatic nitrogens is 2. The molecule has 2 N–H and O–H groups in total. The number of rotatable bonds is 6. The van der Waals surface area contributed by atoms with Crippen molar-refractivity contribution in [2.75, 3.05) is 4.90 Å². The number of hydrogen-bond acceptors (Lipinski definition) is 4. The van der Waals surface area contributed by atoms with Crippen molar-refractivity contribution in [3.05, 3.63) is 106 Å². The second-order valence-electron chi connectivity index (χ2n) is 8.00. The zero-order valence-corrected chi connectivity index (χ0v) is 19.7. The normalized spacial score (nSPS) is 13.6. The van der Waals surface area contributed by atoms with Gasteiger partial charge in [0.1, 0.15) is 6.04 Å². The topological polar surface area (TPSA) is 95.2 Å². The van der Waals surface area contributed by atoms with Gasteiger partial charge in [0.2, 0.25) is 5.91 Å². The lowest BCUT2D eigenvalue weighted by Gasteiger charge is -2.27. The third-order valence-electron chi connectivity index (χ3n) is 5.77. The van der Waals surface area contributed by atoms with Gasteiger partial charge in [0.25, 0.3) is 11.7 Å². The minimum absolute atomic E-state index is 0.171. The average molecular weight is 505 g/mol. The Morgan fingerprint density at radius 2 is 1.77 bits per heavy atom. The third kappa shape index (κ3) is 4.43. The number of halogens is 2. The molecule has 9 heteroatoms. The summed E-state index contributed by atoms with van der Waals surface area (Å²) in [6.07, 6.45) is 3.26. The molecule has 1 aliphatic rings. The molecule has 0 saturated carbocycles. The van der Waals surface area contributed by atoms with Gasteiger partial charge in [-0.25, -0.2) is 4.98 Å². The van der Waals surface area contributed by atoms with Crippen LogP contribution in [0.1, 0.15) is 27.5 Å². The summed E-state index contributed by atoms with van der Waals surface area (Å²) in [6, 6.07) is 17.8. The summed E-state index contributed by atoms with van der Waals surface area (Å²) in [5.74, 6) is -1.93. The molecule has 4 aromatic rings. The van der Waals surface area contributed by atoms with Crippen LogP contribution in [0.5, 0.6) is 0 Å². The highest BCUT2D eigenvalue weighted by Gasteiger charge is 2.43. The highest BCUT2D eigenvalue weighted by Crippen LogP contribution is 2.38. The van der Waals surface area contributed by atoms with Crippen molar-refractivity contribution in [2.45, 2.75) is 12.6 Å². The number of ketones is 1. The second kappa shape index (κ2) is 9.37. The van der Waals surface area contributed by atoms with Crippen LogP contribution in [0.15, 0.2) is 79.3 Å². The Labute approximate surface area is 210 Å². The van der Waals surface area contributed by atoms with Crippen LogP contribution in [0.2, 0.25) is 10.0 Å². The van der Waals surface area contributed by atoms with E-state index in [1.165, 1.54) is 11.0 Å². The Morgan fingerprint density at radius 3 is 2.49 bits per heavy atom. The van der Waals surface area contributed by atoms with E-state index in [-0.39, 0.29) is 12.1 Å². The van der Waals surface area contributed by atoms with Gasteiger partial charge in [-0.05, 0) is 47.0 Å². The van der Waals surface area contributed by atoms with Crippen LogP contribution in [0, 0.1) is 0 Å². The van der Waals surface area contributed by atoms with Crippen LogP contribution in [0.4, 0.5) is 5.69 Å². The van der Waals surface area contributed by atoms with Crippen LogP contribution in [0.25, 0.3) is 11.3 Å². The first-order valence-corrected chi connectivity index (χ1v) is 11.5. The quantitative estimate of drug-likeness (QED) is 0.362. The van der Waals surface area contributed by atoms with Crippen molar-refractivity contribution in [2.24, 2.45) is 0 Å². The van der Waals surface area contributed by atoms with Crippen molar-refractivity contribution >= 4 is 46.5 Å². The Hall–Kier alpha value is -3.94. The SMILES string of the molecule is O=C1C(=O)N(C(C(=O)NCc2cccc(Cl)c2)c2ccc(-c3cnc[nH]3)cc2)c2ccc(Cl)cc21. The van der Waals surface area contributed by atoms with E-state index in [9.17, 15) is 14.4 Å². The molecule has 1 aliphatic heterocycles. The number of aromatic amines is 1. The number of fused-ring (bicyclic) bond motifs is 1. The van der Waals surface area contributed by atoms with Gasteiger partial charge in [-0.2, -0.15) is 0 Å². The molecule has 35 heavy (non-hydrogen) atoms. The number of hydrogen-bond donors (Lipinski definition) is 2. The minimum Gasteiger partial charge on any atom is -0.350 e. The number of anilines is 1. The first-order chi connectivity index (χ1) is 16.9. The van der Waals surface area contributed by atoms with Crippen LogP contribution in [-0.4, -0.2) is 27.6 Å². The zero-order chi connectivity index (χ0) is 24.5. The predicted molar refractivity (Wildman–Crippen MR) is 133 cm³/mol. The number of carbonyl (C=O) groups excluding carboxylic acids is 3. The fraction of sp³-hybridized carbons (Fsp3) is 0.0769. The molecule has 1 unspecified atom stereocenters. The van der Waals surface area contributed by atoms with E-state index in [1.807, 2.05) is 18.2 Å². The van der Waals surface area contributed by atoms with Crippen molar-refractivity contribution in [3.63, 3.8) is 0 Å². The molecule has 5 rings (SSSR count). The molecule has 1 aromatic heterocycles.